The fraction of sp³-hybridized carbons (Fsp3) is 0.368. The predicted molar refractivity (Wildman–Crippen MR) is 255 cm³/mol. The van der Waals surface area contributed by atoms with Crippen LogP contribution in [0.5, 0.6) is 11.5 Å². The topological polar surface area (TPSA) is 18.5 Å². The molecule has 0 amide bonds. The van der Waals surface area contributed by atoms with Crippen molar-refractivity contribution < 1.29 is 9.47 Å². The Balaban J connectivity index is 1.78. The summed E-state index contributed by atoms with van der Waals surface area (Å²) in [7, 11) is 3.67. The standard InChI is InChI=1S/C57H68O2/c1-31-24-32(2)38(8)51(37(31)7)48-28-45(27-47(54(48)58-18)43-20-22-44(23-21-43)56(13,14)15)57(16,17)46-29-49(52-39(9)33(3)25-34(4)40(52)10)55(59-19)50(30-46)53-41(11)35(5)26-36(6)42(53)12/h20-30H,1-19H3. The lowest BCUT2D eigenvalue weighted by atomic mass is 9.73. The van der Waals surface area contributed by atoms with Crippen molar-refractivity contribution in [2.75, 3.05) is 14.2 Å². The average Bonchev–Trinajstić information content (AvgIpc) is 3.18. The van der Waals surface area contributed by atoms with Gasteiger partial charge < -0.3 is 9.47 Å². The summed E-state index contributed by atoms with van der Waals surface area (Å²) in [4.78, 5) is 0. The summed E-state index contributed by atoms with van der Waals surface area (Å²) in [5.74, 6) is 1.83. The van der Waals surface area contributed by atoms with E-state index < -0.39 is 5.41 Å². The summed E-state index contributed by atoms with van der Waals surface area (Å²) in [6, 6.07) is 25.7. The van der Waals surface area contributed by atoms with Gasteiger partial charge in [0.2, 0.25) is 0 Å². The molecule has 0 aliphatic rings. The number of methoxy groups -OCH3 is 2. The molecule has 0 bridgehead atoms. The van der Waals surface area contributed by atoms with E-state index in [4.69, 9.17) is 9.47 Å². The van der Waals surface area contributed by atoms with Crippen molar-refractivity contribution in [3.8, 4) is 56.0 Å². The number of hydrogen-bond donors (Lipinski definition) is 0. The van der Waals surface area contributed by atoms with E-state index in [2.05, 4.69) is 184 Å². The monoisotopic (exact) mass is 785 g/mol. The summed E-state index contributed by atoms with van der Waals surface area (Å²) < 4.78 is 13.1. The molecule has 2 nitrogen and oxygen atoms in total. The van der Waals surface area contributed by atoms with E-state index in [-0.39, 0.29) is 5.41 Å². The first kappa shape index (κ1) is 43.5. The van der Waals surface area contributed by atoms with Crippen LogP contribution in [0.25, 0.3) is 44.5 Å². The molecular formula is C57H68O2. The highest BCUT2D eigenvalue weighted by atomic mass is 16.5. The smallest absolute Gasteiger partial charge is 0.134 e. The van der Waals surface area contributed by atoms with E-state index >= 15 is 0 Å². The maximum absolute atomic E-state index is 6.59. The van der Waals surface area contributed by atoms with Gasteiger partial charge in [-0.25, -0.2) is 0 Å². The lowest BCUT2D eigenvalue weighted by Gasteiger charge is -2.32. The van der Waals surface area contributed by atoms with Crippen LogP contribution in [0.4, 0.5) is 0 Å². The van der Waals surface area contributed by atoms with Gasteiger partial charge in [-0.3, -0.25) is 0 Å². The van der Waals surface area contributed by atoms with E-state index in [1.807, 2.05) is 14.2 Å². The molecule has 0 unspecified atom stereocenters. The van der Waals surface area contributed by atoms with E-state index in [0.717, 1.165) is 39.3 Å². The lowest BCUT2D eigenvalue weighted by molar-refractivity contribution is 0.417. The molecule has 308 valence electrons. The van der Waals surface area contributed by atoms with E-state index in [9.17, 15) is 0 Å². The Morgan fingerprint density at radius 3 is 0.881 bits per heavy atom. The minimum Gasteiger partial charge on any atom is -0.495 e. The molecule has 59 heavy (non-hydrogen) atoms. The fourth-order valence-electron chi connectivity index (χ4n) is 9.37. The predicted octanol–water partition coefficient (Wildman–Crippen LogP) is 15.7. The van der Waals surface area contributed by atoms with Crippen molar-refractivity contribution in [3.05, 3.63) is 150 Å². The molecule has 0 aliphatic carbocycles. The second-order valence-electron chi connectivity index (χ2n) is 19.1. The molecule has 2 heteroatoms. The Morgan fingerprint density at radius 1 is 0.339 bits per heavy atom. The molecule has 0 aromatic heterocycles. The van der Waals surface area contributed by atoms with Crippen molar-refractivity contribution in [1.29, 1.82) is 0 Å². The van der Waals surface area contributed by atoms with Crippen LogP contribution in [0.1, 0.15) is 118 Å². The van der Waals surface area contributed by atoms with E-state index in [0.29, 0.717) is 0 Å². The first-order valence-electron chi connectivity index (χ1n) is 21.3. The van der Waals surface area contributed by atoms with E-state index in [1.54, 1.807) is 0 Å². The molecule has 0 heterocycles. The number of hydrogen-bond acceptors (Lipinski definition) is 2. The Hall–Kier alpha value is -5.08. The maximum atomic E-state index is 6.59. The molecule has 0 saturated carbocycles. The van der Waals surface area contributed by atoms with Gasteiger partial charge in [0.1, 0.15) is 11.5 Å². The molecule has 0 radical (unpaired) electrons. The zero-order valence-corrected chi connectivity index (χ0v) is 39.7. The molecule has 0 spiro atoms. The molecule has 0 fully saturated rings. The Kier molecular flexibility index (Phi) is 11.7. The van der Waals surface area contributed by atoms with Crippen LogP contribution in [0, 0.1) is 83.1 Å². The van der Waals surface area contributed by atoms with Crippen LogP contribution < -0.4 is 9.47 Å². The minimum atomic E-state index is -0.446. The minimum absolute atomic E-state index is 0.0494. The first-order chi connectivity index (χ1) is 27.5. The second-order valence-corrected chi connectivity index (χ2v) is 19.1. The Morgan fingerprint density at radius 2 is 0.610 bits per heavy atom. The summed E-state index contributed by atoms with van der Waals surface area (Å²) in [6.45, 7) is 38.6. The van der Waals surface area contributed by atoms with Crippen molar-refractivity contribution in [3.63, 3.8) is 0 Å². The number of aryl methyl sites for hydroxylation is 6. The molecule has 6 aromatic carbocycles. The van der Waals surface area contributed by atoms with Gasteiger partial charge in [-0.2, -0.15) is 0 Å². The third-order valence-electron chi connectivity index (χ3n) is 14.0. The van der Waals surface area contributed by atoms with Gasteiger partial charge >= 0.3 is 0 Å². The van der Waals surface area contributed by atoms with Gasteiger partial charge in [-0.1, -0.05) is 77.1 Å². The highest BCUT2D eigenvalue weighted by Crippen LogP contribution is 2.51. The third-order valence-corrected chi connectivity index (χ3v) is 14.0. The SMILES string of the molecule is COc1c(-c2ccc(C(C)(C)C)cc2)cc(C(C)(C)c2cc(-c3c(C)c(C)cc(C)c3C)c(OC)c(-c3c(C)c(C)cc(C)c3C)c2)cc1-c1c(C)c(C)cc(C)c1C. The number of benzene rings is 6. The first-order valence-corrected chi connectivity index (χ1v) is 21.3. The Bertz CT molecular complexity index is 2460. The van der Waals surface area contributed by atoms with Crippen LogP contribution in [-0.4, -0.2) is 14.2 Å². The number of rotatable bonds is 8. The zero-order valence-electron chi connectivity index (χ0n) is 39.7. The highest BCUT2D eigenvalue weighted by molar-refractivity contribution is 5.91. The van der Waals surface area contributed by atoms with Crippen LogP contribution in [-0.2, 0) is 10.8 Å². The van der Waals surface area contributed by atoms with Crippen LogP contribution >= 0.6 is 0 Å². The molecule has 0 saturated heterocycles. The van der Waals surface area contributed by atoms with Gasteiger partial charge in [0.05, 0.1) is 14.2 Å². The second kappa shape index (κ2) is 15.8. The average molecular weight is 785 g/mol. The maximum Gasteiger partial charge on any atom is 0.134 e. The molecule has 0 atom stereocenters. The highest BCUT2D eigenvalue weighted by Gasteiger charge is 2.32. The Labute approximate surface area is 357 Å². The van der Waals surface area contributed by atoms with Gasteiger partial charge in [-0.05, 0) is 218 Å². The summed E-state index contributed by atoms with van der Waals surface area (Å²) >= 11 is 0. The van der Waals surface area contributed by atoms with Crippen molar-refractivity contribution in [2.24, 2.45) is 0 Å². The molecule has 0 N–H and O–H groups in total. The van der Waals surface area contributed by atoms with Crippen LogP contribution in [0.15, 0.2) is 66.7 Å². The van der Waals surface area contributed by atoms with Crippen molar-refractivity contribution in [1.82, 2.24) is 0 Å². The van der Waals surface area contributed by atoms with Crippen LogP contribution in [0.2, 0.25) is 0 Å². The largest absolute Gasteiger partial charge is 0.495 e. The van der Waals surface area contributed by atoms with Gasteiger partial charge in [-0.15, -0.1) is 0 Å². The molecule has 6 aromatic rings. The van der Waals surface area contributed by atoms with Crippen molar-refractivity contribution in [2.45, 2.75) is 129 Å². The van der Waals surface area contributed by atoms with Gasteiger partial charge in [0.15, 0.2) is 0 Å². The normalized spacial score (nSPS) is 12.0. The number of ether oxygens (including phenoxy) is 2. The van der Waals surface area contributed by atoms with Crippen molar-refractivity contribution >= 4 is 0 Å². The van der Waals surface area contributed by atoms with Gasteiger partial charge in [0, 0.05) is 27.7 Å². The quantitative estimate of drug-likeness (QED) is 0.153. The molecule has 6 rings (SSSR count). The molecular weight excluding hydrogens is 717 g/mol. The summed E-state index contributed by atoms with van der Waals surface area (Å²) in [5.41, 5.74) is 28.2. The third kappa shape index (κ3) is 7.54. The summed E-state index contributed by atoms with van der Waals surface area (Å²) in [6.07, 6.45) is 0. The van der Waals surface area contributed by atoms with E-state index in [1.165, 1.54) is 100 Å². The van der Waals surface area contributed by atoms with Gasteiger partial charge in [0.25, 0.3) is 0 Å². The lowest BCUT2D eigenvalue weighted by Crippen LogP contribution is -2.20. The summed E-state index contributed by atoms with van der Waals surface area (Å²) in [5, 5.41) is 0. The zero-order chi connectivity index (χ0) is 43.6. The van der Waals surface area contributed by atoms with Crippen LogP contribution in [0.3, 0.4) is 0 Å². The molecule has 0 aliphatic heterocycles. The fourth-order valence-corrected chi connectivity index (χ4v) is 9.37.